The topological polar surface area (TPSA) is 40.5 Å². The highest BCUT2D eigenvalue weighted by Crippen LogP contribution is 2.33. The molecule has 0 radical (unpaired) electrons. The lowest BCUT2D eigenvalue weighted by atomic mass is 10.1. The van der Waals surface area contributed by atoms with E-state index < -0.39 is 23.8 Å². The number of carbonyl (C=O) groups is 1. The van der Waals surface area contributed by atoms with E-state index in [1.54, 1.807) is 18.9 Å². The number of alkyl halides is 3. The van der Waals surface area contributed by atoms with Gasteiger partial charge in [-0.25, -0.2) is 0 Å². The zero-order valence-electron chi connectivity index (χ0n) is 12.6. The lowest BCUT2D eigenvalue weighted by Crippen LogP contribution is -2.34. The Balaban J connectivity index is 2.11. The average molecular weight is 343 g/mol. The maximum absolute atomic E-state index is 12.6. The Labute approximate surface area is 136 Å². The molecule has 124 valence electrons. The van der Waals surface area contributed by atoms with Gasteiger partial charge in [-0.15, -0.1) is 11.3 Å². The third-order valence-corrected chi connectivity index (χ3v) is 4.70. The highest BCUT2D eigenvalue weighted by atomic mass is 32.1. The van der Waals surface area contributed by atoms with Gasteiger partial charge in [-0.1, -0.05) is 12.1 Å². The number of nitrogens with zero attached hydrogens (tertiary/aromatic N) is 1. The molecule has 0 saturated carbocycles. The summed E-state index contributed by atoms with van der Waals surface area (Å²) < 4.78 is 37.7. The SMILES string of the molecule is CC(C(=O)O)N(C)Cc1ccc(-c2ccc(C(F)(F)F)cc2)s1. The zero-order valence-corrected chi connectivity index (χ0v) is 13.4. The molecule has 0 aliphatic rings. The third-order valence-electron chi connectivity index (χ3n) is 3.58. The van der Waals surface area contributed by atoms with Crippen LogP contribution in [0.4, 0.5) is 13.2 Å². The molecule has 1 aromatic heterocycles. The predicted molar refractivity (Wildman–Crippen MR) is 83.3 cm³/mol. The highest BCUT2D eigenvalue weighted by molar-refractivity contribution is 7.15. The van der Waals surface area contributed by atoms with Gasteiger partial charge in [0.1, 0.15) is 6.04 Å². The summed E-state index contributed by atoms with van der Waals surface area (Å²) in [5, 5.41) is 8.98. The molecule has 0 saturated heterocycles. The number of halogens is 3. The maximum Gasteiger partial charge on any atom is 0.416 e. The first kappa shape index (κ1) is 17.5. The van der Waals surface area contributed by atoms with Crippen LogP contribution < -0.4 is 0 Å². The first-order chi connectivity index (χ1) is 10.7. The van der Waals surface area contributed by atoms with Gasteiger partial charge in [-0.05, 0) is 43.8 Å². The number of hydrogen-bond donors (Lipinski definition) is 1. The molecule has 0 fully saturated rings. The van der Waals surface area contributed by atoms with Gasteiger partial charge in [-0.2, -0.15) is 13.2 Å². The molecular formula is C16H16F3NO2S. The molecule has 1 atom stereocenters. The normalized spacial score (nSPS) is 13.3. The van der Waals surface area contributed by atoms with Crippen LogP contribution in [0, 0.1) is 0 Å². The molecule has 0 amide bonds. The lowest BCUT2D eigenvalue weighted by molar-refractivity contribution is -0.142. The Morgan fingerprint density at radius 3 is 2.35 bits per heavy atom. The van der Waals surface area contributed by atoms with Gasteiger partial charge in [0.15, 0.2) is 0 Å². The molecule has 2 aromatic rings. The summed E-state index contributed by atoms with van der Waals surface area (Å²) in [6.07, 6.45) is -4.34. The van der Waals surface area contributed by atoms with Crippen molar-refractivity contribution in [1.82, 2.24) is 4.90 Å². The van der Waals surface area contributed by atoms with Gasteiger partial charge in [0.05, 0.1) is 5.56 Å². The Morgan fingerprint density at radius 2 is 1.83 bits per heavy atom. The molecule has 23 heavy (non-hydrogen) atoms. The van der Waals surface area contributed by atoms with E-state index in [0.29, 0.717) is 12.1 Å². The number of thiophene rings is 1. The molecule has 1 heterocycles. The van der Waals surface area contributed by atoms with Crippen LogP contribution in [0.15, 0.2) is 36.4 Å². The van der Waals surface area contributed by atoms with E-state index >= 15 is 0 Å². The fourth-order valence-corrected chi connectivity index (χ4v) is 3.09. The molecule has 3 nitrogen and oxygen atoms in total. The minimum absolute atomic E-state index is 0.471. The van der Waals surface area contributed by atoms with Crippen LogP contribution in [0.25, 0.3) is 10.4 Å². The van der Waals surface area contributed by atoms with Crippen LogP contribution in [0.5, 0.6) is 0 Å². The predicted octanol–water partition coefficient (Wildman–Crippen LogP) is 4.34. The summed E-state index contributed by atoms with van der Waals surface area (Å²) in [7, 11) is 1.72. The molecule has 0 spiro atoms. The minimum Gasteiger partial charge on any atom is -0.480 e. The van der Waals surface area contributed by atoms with Gasteiger partial charge >= 0.3 is 12.1 Å². The van der Waals surface area contributed by atoms with E-state index in [9.17, 15) is 18.0 Å². The second-order valence-corrected chi connectivity index (χ2v) is 6.44. The van der Waals surface area contributed by atoms with E-state index in [-0.39, 0.29) is 0 Å². The van der Waals surface area contributed by atoms with Crippen molar-refractivity contribution in [3.63, 3.8) is 0 Å². The highest BCUT2D eigenvalue weighted by Gasteiger charge is 2.30. The summed E-state index contributed by atoms with van der Waals surface area (Å²) in [6.45, 7) is 2.07. The number of benzene rings is 1. The number of carboxylic acid groups (broad SMARTS) is 1. The first-order valence-corrected chi connectivity index (χ1v) is 7.69. The van der Waals surface area contributed by atoms with Crippen molar-refractivity contribution in [2.45, 2.75) is 25.7 Å². The molecule has 7 heteroatoms. The monoisotopic (exact) mass is 343 g/mol. The first-order valence-electron chi connectivity index (χ1n) is 6.88. The number of carboxylic acids is 1. The fraction of sp³-hybridized carbons (Fsp3) is 0.312. The molecule has 1 unspecified atom stereocenters. The smallest absolute Gasteiger partial charge is 0.416 e. The molecular weight excluding hydrogens is 327 g/mol. The molecule has 1 N–H and O–H groups in total. The van der Waals surface area contributed by atoms with E-state index in [1.807, 2.05) is 12.1 Å². The second-order valence-electron chi connectivity index (χ2n) is 5.27. The number of aliphatic carboxylic acids is 1. The average Bonchev–Trinajstić information content (AvgIpc) is 2.94. The summed E-state index contributed by atoms with van der Waals surface area (Å²) in [6, 6.07) is 8.11. The van der Waals surface area contributed by atoms with Gasteiger partial charge in [0.25, 0.3) is 0 Å². The summed E-state index contributed by atoms with van der Waals surface area (Å²) in [5.74, 6) is -0.896. The van der Waals surface area contributed by atoms with Crippen molar-refractivity contribution in [3.05, 3.63) is 46.8 Å². The van der Waals surface area contributed by atoms with E-state index in [4.69, 9.17) is 5.11 Å². The minimum atomic E-state index is -4.34. The second kappa shape index (κ2) is 6.72. The maximum atomic E-state index is 12.6. The number of hydrogen-bond acceptors (Lipinski definition) is 3. The van der Waals surface area contributed by atoms with Crippen LogP contribution in [0.2, 0.25) is 0 Å². The van der Waals surface area contributed by atoms with E-state index in [0.717, 1.165) is 21.9 Å². The van der Waals surface area contributed by atoms with Gasteiger partial charge in [0.2, 0.25) is 0 Å². The van der Waals surface area contributed by atoms with Crippen molar-refractivity contribution in [1.29, 1.82) is 0 Å². The van der Waals surface area contributed by atoms with E-state index in [1.165, 1.54) is 23.5 Å². The Kier molecular flexibility index (Phi) is 5.11. The van der Waals surface area contributed by atoms with Gasteiger partial charge in [-0.3, -0.25) is 9.69 Å². The zero-order chi connectivity index (χ0) is 17.2. The molecule has 1 aromatic carbocycles. The van der Waals surface area contributed by atoms with Crippen molar-refractivity contribution in [3.8, 4) is 10.4 Å². The molecule has 2 rings (SSSR count). The van der Waals surface area contributed by atoms with Crippen molar-refractivity contribution >= 4 is 17.3 Å². The van der Waals surface area contributed by atoms with Crippen LogP contribution >= 0.6 is 11.3 Å². The molecule has 0 aliphatic carbocycles. The van der Waals surface area contributed by atoms with Crippen molar-refractivity contribution in [2.75, 3.05) is 7.05 Å². The van der Waals surface area contributed by atoms with Crippen LogP contribution in [-0.4, -0.2) is 29.1 Å². The number of likely N-dealkylation sites (N-methyl/N-ethyl adjacent to an activating group) is 1. The van der Waals surface area contributed by atoms with Crippen LogP contribution in [0.1, 0.15) is 17.4 Å². The Hall–Kier alpha value is -1.86. The standard InChI is InChI=1S/C16H16F3NO2S/c1-10(15(21)22)20(2)9-13-7-8-14(23-13)11-3-5-12(6-4-11)16(17,18)19/h3-8,10H,9H2,1-2H3,(H,21,22). The van der Waals surface area contributed by atoms with Crippen molar-refractivity contribution < 1.29 is 23.1 Å². The van der Waals surface area contributed by atoms with Gasteiger partial charge < -0.3 is 5.11 Å². The van der Waals surface area contributed by atoms with Crippen LogP contribution in [-0.2, 0) is 17.5 Å². The largest absolute Gasteiger partial charge is 0.480 e. The molecule has 0 aliphatic heterocycles. The van der Waals surface area contributed by atoms with Crippen LogP contribution in [0.3, 0.4) is 0 Å². The molecule has 0 bridgehead atoms. The van der Waals surface area contributed by atoms with Gasteiger partial charge in [0, 0.05) is 16.3 Å². The number of rotatable bonds is 5. The van der Waals surface area contributed by atoms with Crippen molar-refractivity contribution in [2.24, 2.45) is 0 Å². The summed E-state index contributed by atoms with van der Waals surface area (Å²) in [4.78, 5) is 14.4. The quantitative estimate of drug-likeness (QED) is 0.878. The fourth-order valence-electron chi connectivity index (χ4n) is 2.01. The summed E-state index contributed by atoms with van der Waals surface area (Å²) >= 11 is 1.44. The van der Waals surface area contributed by atoms with E-state index in [2.05, 4.69) is 0 Å². The Bertz CT molecular complexity index is 679. The Morgan fingerprint density at radius 1 is 1.22 bits per heavy atom. The third kappa shape index (κ3) is 4.33. The summed E-state index contributed by atoms with van der Waals surface area (Å²) in [5.41, 5.74) is 0.0382. The lowest BCUT2D eigenvalue weighted by Gasteiger charge is -2.19.